The molecular formula is C20H34O2. The predicted molar refractivity (Wildman–Crippen MR) is 90.6 cm³/mol. The van der Waals surface area contributed by atoms with Crippen molar-refractivity contribution in [1.82, 2.24) is 0 Å². The summed E-state index contributed by atoms with van der Waals surface area (Å²) in [4.78, 5) is 21.0. The van der Waals surface area contributed by atoms with Gasteiger partial charge in [0.25, 0.3) is 0 Å². The topological polar surface area (TPSA) is 34.1 Å². The minimum Gasteiger partial charge on any atom is -0.303 e. The average Bonchev–Trinajstić information content (AvgIpc) is 3.24. The van der Waals surface area contributed by atoms with Crippen LogP contribution >= 0.6 is 0 Å². The standard InChI is InChI=1S/C11H16O.C9H18O/c12-6-9-3-4-10-7-1-2-8(5-7)11(9)10;1-3-4-5-6-7-9(2)8-10/h6-11H,1-5H2;8-9H,3-7H2,1-2H3. The Morgan fingerprint density at radius 2 is 1.77 bits per heavy atom. The van der Waals surface area contributed by atoms with Gasteiger partial charge in [0.2, 0.25) is 0 Å². The van der Waals surface area contributed by atoms with Gasteiger partial charge in [0.15, 0.2) is 0 Å². The van der Waals surface area contributed by atoms with E-state index in [1.165, 1.54) is 64.1 Å². The van der Waals surface area contributed by atoms with E-state index in [1.54, 1.807) is 0 Å². The lowest BCUT2D eigenvalue weighted by molar-refractivity contribution is -0.112. The first-order chi connectivity index (χ1) is 10.7. The van der Waals surface area contributed by atoms with Gasteiger partial charge in [0.05, 0.1) is 0 Å². The first-order valence-corrected chi connectivity index (χ1v) is 9.61. The van der Waals surface area contributed by atoms with Gasteiger partial charge in [-0.2, -0.15) is 0 Å². The van der Waals surface area contributed by atoms with Gasteiger partial charge in [-0.25, -0.2) is 0 Å². The van der Waals surface area contributed by atoms with E-state index in [1.807, 2.05) is 6.92 Å². The summed E-state index contributed by atoms with van der Waals surface area (Å²) in [6.07, 6.45) is 15.4. The summed E-state index contributed by atoms with van der Waals surface area (Å²) < 4.78 is 0. The first-order valence-electron chi connectivity index (χ1n) is 9.61. The largest absolute Gasteiger partial charge is 0.303 e. The Balaban J connectivity index is 0.000000165. The van der Waals surface area contributed by atoms with Gasteiger partial charge in [-0.15, -0.1) is 0 Å². The molecule has 126 valence electrons. The lowest BCUT2D eigenvalue weighted by Gasteiger charge is -2.26. The van der Waals surface area contributed by atoms with Gasteiger partial charge in [-0.1, -0.05) is 39.5 Å². The van der Waals surface area contributed by atoms with Crippen molar-refractivity contribution < 1.29 is 9.59 Å². The number of hydrogen-bond donors (Lipinski definition) is 0. The van der Waals surface area contributed by atoms with Gasteiger partial charge in [-0.05, 0) is 62.2 Å². The maximum Gasteiger partial charge on any atom is 0.123 e. The van der Waals surface area contributed by atoms with Crippen LogP contribution in [-0.2, 0) is 9.59 Å². The van der Waals surface area contributed by atoms with E-state index in [-0.39, 0.29) is 5.92 Å². The van der Waals surface area contributed by atoms with E-state index in [0.29, 0.717) is 5.92 Å². The van der Waals surface area contributed by atoms with Gasteiger partial charge in [-0.3, -0.25) is 0 Å². The fraction of sp³-hybridized carbons (Fsp3) is 0.900. The van der Waals surface area contributed by atoms with Crippen LogP contribution in [0.4, 0.5) is 0 Å². The predicted octanol–water partition coefficient (Wildman–Crippen LogP) is 5.05. The van der Waals surface area contributed by atoms with E-state index in [4.69, 9.17) is 0 Å². The molecule has 0 radical (unpaired) electrons. The molecule has 2 heteroatoms. The van der Waals surface area contributed by atoms with Crippen LogP contribution in [0.1, 0.15) is 78.1 Å². The van der Waals surface area contributed by atoms with Gasteiger partial charge in [0.1, 0.15) is 12.6 Å². The molecule has 3 aliphatic rings. The van der Waals surface area contributed by atoms with Crippen LogP contribution in [-0.4, -0.2) is 12.6 Å². The molecule has 22 heavy (non-hydrogen) atoms. The molecule has 0 heterocycles. The Morgan fingerprint density at radius 1 is 1.00 bits per heavy atom. The van der Waals surface area contributed by atoms with Crippen LogP contribution in [0.15, 0.2) is 0 Å². The van der Waals surface area contributed by atoms with Crippen LogP contribution in [0.5, 0.6) is 0 Å². The van der Waals surface area contributed by atoms with Crippen LogP contribution in [0.25, 0.3) is 0 Å². The Kier molecular flexibility index (Phi) is 7.11. The van der Waals surface area contributed by atoms with E-state index >= 15 is 0 Å². The van der Waals surface area contributed by atoms with E-state index in [0.717, 1.165) is 36.4 Å². The molecule has 3 rings (SSSR count). The fourth-order valence-electron chi connectivity index (χ4n) is 5.25. The van der Waals surface area contributed by atoms with E-state index < -0.39 is 0 Å². The smallest absolute Gasteiger partial charge is 0.123 e. The van der Waals surface area contributed by atoms with Crippen molar-refractivity contribution in [3.8, 4) is 0 Å². The molecule has 3 aliphatic carbocycles. The summed E-state index contributed by atoms with van der Waals surface area (Å²) in [5.41, 5.74) is 0. The Labute approximate surface area is 136 Å². The van der Waals surface area contributed by atoms with Gasteiger partial charge >= 0.3 is 0 Å². The number of carbonyl (C=O) groups is 2. The second kappa shape index (κ2) is 8.84. The van der Waals surface area contributed by atoms with Crippen molar-refractivity contribution in [2.75, 3.05) is 0 Å². The first kappa shape index (κ1) is 17.7. The molecule has 0 aromatic carbocycles. The van der Waals surface area contributed by atoms with Crippen molar-refractivity contribution in [2.24, 2.45) is 35.5 Å². The molecule has 0 N–H and O–H groups in total. The zero-order valence-electron chi connectivity index (χ0n) is 14.5. The van der Waals surface area contributed by atoms with E-state index in [2.05, 4.69) is 6.92 Å². The maximum absolute atomic E-state index is 10.8. The number of fused-ring (bicyclic) bond motifs is 5. The van der Waals surface area contributed by atoms with Gasteiger partial charge in [0, 0.05) is 11.8 Å². The quantitative estimate of drug-likeness (QED) is 0.487. The molecule has 0 aromatic heterocycles. The highest BCUT2D eigenvalue weighted by atomic mass is 16.1. The van der Waals surface area contributed by atoms with Gasteiger partial charge < -0.3 is 9.59 Å². The molecule has 2 bridgehead atoms. The molecule has 3 saturated carbocycles. The van der Waals surface area contributed by atoms with E-state index in [9.17, 15) is 9.59 Å². The summed E-state index contributed by atoms with van der Waals surface area (Å²) >= 11 is 0. The third-order valence-corrected chi connectivity index (χ3v) is 6.41. The number of aldehydes is 2. The fourth-order valence-corrected chi connectivity index (χ4v) is 5.25. The molecule has 0 amide bonds. The van der Waals surface area contributed by atoms with Crippen LogP contribution in [0.3, 0.4) is 0 Å². The average molecular weight is 306 g/mol. The maximum atomic E-state index is 10.8. The summed E-state index contributed by atoms with van der Waals surface area (Å²) in [6.45, 7) is 4.18. The van der Waals surface area contributed by atoms with Crippen molar-refractivity contribution >= 4 is 12.6 Å². The number of hydrogen-bond acceptors (Lipinski definition) is 2. The molecule has 0 saturated heterocycles. The normalized spacial score (nSPS) is 36.4. The molecule has 2 nitrogen and oxygen atoms in total. The third-order valence-electron chi connectivity index (χ3n) is 6.41. The summed E-state index contributed by atoms with van der Waals surface area (Å²) in [6, 6.07) is 0. The zero-order chi connectivity index (χ0) is 15.9. The number of rotatable bonds is 7. The number of carbonyl (C=O) groups excluding carboxylic acids is 2. The van der Waals surface area contributed by atoms with Crippen LogP contribution in [0.2, 0.25) is 0 Å². The molecule has 0 spiro atoms. The minimum absolute atomic E-state index is 0.275. The molecule has 6 atom stereocenters. The van der Waals surface area contributed by atoms with Crippen molar-refractivity contribution in [3.05, 3.63) is 0 Å². The van der Waals surface area contributed by atoms with Crippen LogP contribution in [0, 0.1) is 35.5 Å². The Morgan fingerprint density at radius 3 is 2.45 bits per heavy atom. The van der Waals surface area contributed by atoms with Crippen molar-refractivity contribution in [2.45, 2.75) is 78.1 Å². The van der Waals surface area contributed by atoms with Crippen molar-refractivity contribution in [3.63, 3.8) is 0 Å². The Bertz CT molecular complexity index is 352. The minimum atomic E-state index is 0.275. The summed E-state index contributed by atoms with van der Waals surface area (Å²) in [5, 5.41) is 0. The molecule has 0 aromatic rings. The summed E-state index contributed by atoms with van der Waals surface area (Å²) in [5.74, 6) is 4.46. The lowest BCUT2D eigenvalue weighted by Crippen LogP contribution is -2.22. The highest BCUT2D eigenvalue weighted by Gasteiger charge is 2.52. The van der Waals surface area contributed by atoms with Crippen LogP contribution < -0.4 is 0 Å². The number of unbranched alkanes of at least 4 members (excludes halogenated alkanes) is 3. The SMILES string of the molecule is CCCCCCC(C)C=O.O=CC1CCC2C3CCC(C3)C12. The lowest BCUT2D eigenvalue weighted by atomic mass is 9.78. The van der Waals surface area contributed by atoms with Crippen molar-refractivity contribution in [1.29, 1.82) is 0 Å². The summed E-state index contributed by atoms with van der Waals surface area (Å²) in [7, 11) is 0. The highest BCUT2D eigenvalue weighted by Crippen LogP contribution is 2.60. The third kappa shape index (κ3) is 4.20. The molecular weight excluding hydrogens is 272 g/mol. The highest BCUT2D eigenvalue weighted by molar-refractivity contribution is 5.55. The monoisotopic (exact) mass is 306 g/mol. The molecule has 0 aliphatic heterocycles. The Hall–Kier alpha value is -0.660. The second-order valence-corrected chi connectivity index (χ2v) is 7.91. The molecule has 3 fully saturated rings. The zero-order valence-corrected chi connectivity index (χ0v) is 14.5. The second-order valence-electron chi connectivity index (χ2n) is 7.91. The molecule has 6 unspecified atom stereocenters.